The lowest BCUT2D eigenvalue weighted by Gasteiger charge is -2.19. The third kappa shape index (κ3) is 7.57. The summed E-state index contributed by atoms with van der Waals surface area (Å²) in [6, 6.07) is 9.90. The average molecular weight is 283 g/mol. The van der Waals surface area contributed by atoms with Crippen molar-refractivity contribution in [1.29, 1.82) is 0 Å². The Labute approximate surface area is 120 Å². The minimum Gasteiger partial charge on any atom is -0.396 e. The van der Waals surface area contributed by atoms with Crippen molar-refractivity contribution < 1.29 is 19.7 Å². The first-order valence-electron chi connectivity index (χ1n) is 6.89. The van der Waals surface area contributed by atoms with Crippen LogP contribution in [0.3, 0.4) is 0 Å². The number of aliphatic hydroxyl groups excluding tert-OH is 2. The second-order valence-electron chi connectivity index (χ2n) is 4.73. The normalized spacial score (nSPS) is 14.2. The molecule has 20 heavy (non-hydrogen) atoms. The Morgan fingerprint density at radius 2 is 1.95 bits per heavy atom. The molecule has 2 atom stereocenters. The van der Waals surface area contributed by atoms with Crippen molar-refractivity contribution in [3.8, 4) is 0 Å². The maximum atomic E-state index is 9.82. The summed E-state index contributed by atoms with van der Waals surface area (Å²) in [6.07, 6.45) is 0.0302. The van der Waals surface area contributed by atoms with Gasteiger partial charge in [-0.05, 0) is 12.0 Å². The van der Waals surface area contributed by atoms with E-state index in [1.54, 1.807) is 7.11 Å². The minimum atomic E-state index is -0.572. The summed E-state index contributed by atoms with van der Waals surface area (Å²) in [5.74, 6) is 0. The number of hydrogen-bond donors (Lipinski definition) is 3. The zero-order chi connectivity index (χ0) is 14.6. The molecule has 0 saturated heterocycles. The topological polar surface area (TPSA) is 71.0 Å². The van der Waals surface area contributed by atoms with Crippen molar-refractivity contribution in [3.63, 3.8) is 0 Å². The second-order valence-corrected chi connectivity index (χ2v) is 4.73. The lowest BCUT2D eigenvalue weighted by Crippen LogP contribution is -2.40. The maximum absolute atomic E-state index is 9.82. The van der Waals surface area contributed by atoms with Crippen LogP contribution in [0.5, 0.6) is 0 Å². The van der Waals surface area contributed by atoms with E-state index in [1.807, 2.05) is 30.3 Å². The van der Waals surface area contributed by atoms with Crippen LogP contribution in [0.25, 0.3) is 0 Å². The Balaban J connectivity index is 2.14. The molecular weight excluding hydrogens is 258 g/mol. The molecule has 1 rings (SSSR count). The van der Waals surface area contributed by atoms with Gasteiger partial charge >= 0.3 is 0 Å². The van der Waals surface area contributed by atoms with Crippen LogP contribution in [0.1, 0.15) is 12.0 Å². The molecule has 2 unspecified atom stereocenters. The molecule has 5 heteroatoms. The Kier molecular flexibility index (Phi) is 9.19. The van der Waals surface area contributed by atoms with Gasteiger partial charge in [-0.2, -0.15) is 0 Å². The van der Waals surface area contributed by atoms with Gasteiger partial charge < -0.3 is 25.0 Å². The fourth-order valence-electron chi connectivity index (χ4n) is 1.85. The monoisotopic (exact) mass is 283 g/mol. The second kappa shape index (κ2) is 10.8. The molecule has 0 aliphatic carbocycles. The zero-order valence-corrected chi connectivity index (χ0v) is 12.0. The predicted octanol–water partition coefficient (Wildman–Crippen LogP) is 0.551. The van der Waals surface area contributed by atoms with E-state index in [1.165, 1.54) is 0 Å². The van der Waals surface area contributed by atoms with Gasteiger partial charge in [0.15, 0.2) is 0 Å². The predicted molar refractivity (Wildman–Crippen MR) is 77.5 cm³/mol. The van der Waals surface area contributed by atoms with Gasteiger partial charge in [0.05, 0.1) is 25.9 Å². The van der Waals surface area contributed by atoms with Crippen molar-refractivity contribution in [1.82, 2.24) is 5.32 Å². The SMILES string of the molecule is COCC(CCO)NCC(O)COCc1ccccc1. The van der Waals surface area contributed by atoms with Crippen LogP contribution >= 0.6 is 0 Å². The standard InChI is InChI=1S/C15H25NO4/c1-19-11-14(7-8-17)16-9-15(18)12-20-10-13-5-3-2-4-6-13/h2-6,14-18H,7-12H2,1H3. The van der Waals surface area contributed by atoms with Crippen LogP contribution in [-0.2, 0) is 16.1 Å². The van der Waals surface area contributed by atoms with Gasteiger partial charge in [-0.3, -0.25) is 0 Å². The maximum Gasteiger partial charge on any atom is 0.0897 e. The van der Waals surface area contributed by atoms with E-state index in [0.29, 0.717) is 26.2 Å². The van der Waals surface area contributed by atoms with Crippen molar-refractivity contribution in [2.24, 2.45) is 0 Å². The summed E-state index contributed by atoms with van der Waals surface area (Å²) in [7, 11) is 1.62. The van der Waals surface area contributed by atoms with Gasteiger partial charge in [0, 0.05) is 26.3 Å². The lowest BCUT2D eigenvalue weighted by atomic mass is 10.2. The van der Waals surface area contributed by atoms with Crippen LogP contribution in [0.15, 0.2) is 30.3 Å². The molecule has 0 radical (unpaired) electrons. The number of nitrogens with one attached hydrogen (secondary N) is 1. The van der Waals surface area contributed by atoms with Crippen molar-refractivity contribution in [2.75, 3.05) is 33.5 Å². The molecule has 0 bridgehead atoms. The van der Waals surface area contributed by atoms with Crippen LogP contribution < -0.4 is 5.32 Å². The largest absolute Gasteiger partial charge is 0.396 e. The smallest absolute Gasteiger partial charge is 0.0897 e. The third-order valence-electron chi connectivity index (χ3n) is 2.91. The summed E-state index contributed by atoms with van der Waals surface area (Å²) in [5.41, 5.74) is 1.09. The highest BCUT2D eigenvalue weighted by Gasteiger charge is 2.10. The molecule has 5 nitrogen and oxygen atoms in total. The first-order chi connectivity index (χ1) is 9.76. The molecule has 0 amide bonds. The highest BCUT2D eigenvalue weighted by Crippen LogP contribution is 2.01. The first-order valence-corrected chi connectivity index (χ1v) is 6.89. The van der Waals surface area contributed by atoms with Gasteiger partial charge in [-0.15, -0.1) is 0 Å². The molecule has 0 aromatic heterocycles. The van der Waals surface area contributed by atoms with E-state index in [2.05, 4.69) is 5.32 Å². The van der Waals surface area contributed by atoms with Crippen LogP contribution in [-0.4, -0.2) is 55.8 Å². The Bertz CT molecular complexity index is 328. The highest BCUT2D eigenvalue weighted by molar-refractivity contribution is 5.13. The van der Waals surface area contributed by atoms with E-state index in [0.717, 1.165) is 5.56 Å². The summed E-state index contributed by atoms with van der Waals surface area (Å²) >= 11 is 0. The van der Waals surface area contributed by atoms with Crippen molar-refractivity contribution >= 4 is 0 Å². The molecular formula is C15H25NO4. The molecule has 1 aromatic carbocycles. The van der Waals surface area contributed by atoms with Gasteiger partial charge in [-0.1, -0.05) is 30.3 Å². The molecule has 0 aliphatic heterocycles. The fraction of sp³-hybridized carbons (Fsp3) is 0.600. The zero-order valence-electron chi connectivity index (χ0n) is 12.0. The molecule has 0 heterocycles. The molecule has 0 spiro atoms. The Hall–Kier alpha value is -0.980. The van der Waals surface area contributed by atoms with Gasteiger partial charge in [0.2, 0.25) is 0 Å². The Morgan fingerprint density at radius 1 is 1.20 bits per heavy atom. The first kappa shape index (κ1) is 17.1. The third-order valence-corrected chi connectivity index (χ3v) is 2.91. The quantitative estimate of drug-likeness (QED) is 0.553. The summed E-state index contributed by atoms with van der Waals surface area (Å²) in [5, 5.41) is 21.9. The Morgan fingerprint density at radius 3 is 2.60 bits per heavy atom. The summed E-state index contributed by atoms with van der Waals surface area (Å²) in [4.78, 5) is 0. The lowest BCUT2D eigenvalue weighted by molar-refractivity contribution is 0.0252. The van der Waals surface area contributed by atoms with E-state index < -0.39 is 6.10 Å². The molecule has 1 aromatic rings. The number of methoxy groups -OCH3 is 1. The number of hydrogen-bond acceptors (Lipinski definition) is 5. The van der Waals surface area contributed by atoms with E-state index in [4.69, 9.17) is 14.6 Å². The summed E-state index contributed by atoms with van der Waals surface area (Å²) in [6.45, 7) is 1.80. The molecule has 0 fully saturated rings. The number of benzene rings is 1. The van der Waals surface area contributed by atoms with E-state index >= 15 is 0 Å². The van der Waals surface area contributed by atoms with Gasteiger partial charge in [-0.25, -0.2) is 0 Å². The van der Waals surface area contributed by atoms with Crippen LogP contribution in [0.2, 0.25) is 0 Å². The molecule has 0 saturated carbocycles. The average Bonchev–Trinajstić information content (AvgIpc) is 2.46. The molecule has 0 aliphatic rings. The van der Waals surface area contributed by atoms with E-state index in [9.17, 15) is 5.11 Å². The van der Waals surface area contributed by atoms with Crippen LogP contribution in [0.4, 0.5) is 0 Å². The van der Waals surface area contributed by atoms with Crippen molar-refractivity contribution in [2.45, 2.75) is 25.2 Å². The fourth-order valence-corrected chi connectivity index (χ4v) is 1.85. The number of ether oxygens (including phenoxy) is 2. The molecule has 114 valence electrons. The molecule has 3 N–H and O–H groups in total. The van der Waals surface area contributed by atoms with Gasteiger partial charge in [0.25, 0.3) is 0 Å². The number of aliphatic hydroxyl groups is 2. The number of rotatable bonds is 11. The minimum absolute atomic E-state index is 0.0498. The summed E-state index contributed by atoms with van der Waals surface area (Å²) < 4.78 is 10.5. The van der Waals surface area contributed by atoms with E-state index in [-0.39, 0.29) is 19.3 Å². The van der Waals surface area contributed by atoms with Crippen molar-refractivity contribution in [3.05, 3.63) is 35.9 Å². The van der Waals surface area contributed by atoms with Crippen LogP contribution in [0, 0.1) is 0 Å². The van der Waals surface area contributed by atoms with Gasteiger partial charge in [0.1, 0.15) is 0 Å². The highest BCUT2D eigenvalue weighted by atomic mass is 16.5.